The molecule has 0 saturated carbocycles. The van der Waals surface area contributed by atoms with Crippen LogP contribution in [0.25, 0.3) is 12.2 Å². The van der Waals surface area contributed by atoms with Crippen molar-refractivity contribution in [2.24, 2.45) is 5.41 Å². The van der Waals surface area contributed by atoms with Crippen molar-refractivity contribution in [3.8, 4) is 0 Å². The number of hydrogen-bond acceptors (Lipinski definition) is 5. The SMILES string of the molecule is CCCCNC(=O)Cn1c(=CC(=O)C(C)(C)C)sc(=Cc2ccc(NC(C)=O)cc2)c1=O. The van der Waals surface area contributed by atoms with Gasteiger partial charge in [0.05, 0.1) is 4.53 Å². The highest BCUT2D eigenvalue weighted by atomic mass is 32.1. The Morgan fingerprint density at radius 3 is 2.34 bits per heavy atom. The molecule has 0 bridgehead atoms. The number of Topliss-reactive ketones (excluding diaryl/α,β-unsaturated/α-hetero) is 1. The molecule has 0 aliphatic heterocycles. The van der Waals surface area contributed by atoms with Gasteiger partial charge in [0, 0.05) is 30.6 Å². The molecule has 32 heavy (non-hydrogen) atoms. The molecule has 0 radical (unpaired) electrons. The van der Waals surface area contributed by atoms with E-state index in [1.54, 1.807) is 30.3 Å². The summed E-state index contributed by atoms with van der Waals surface area (Å²) in [7, 11) is 0. The van der Waals surface area contributed by atoms with Crippen LogP contribution in [0, 0.1) is 5.41 Å². The Bertz CT molecular complexity index is 1150. The Kier molecular flexibility index (Phi) is 8.72. The standard InChI is InChI=1S/C24H31N3O4S/c1-6-7-12-25-21(30)15-27-22(14-20(29)24(3,4)5)32-19(23(27)31)13-17-8-10-18(11-9-17)26-16(2)28/h8-11,13-14H,6-7,12,15H2,1-5H3,(H,25,30)(H,26,28). The quantitative estimate of drug-likeness (QED) is 0.593. The molecule has 1 aromatic heterocycles. The number of amides is 2. The number of thiazole rings is 1. The first kappa shape index (κ1) is 25.3. The average molecular weight is 458 g/mol. The lowest BCUT2D eigenvalue weighted by Gasteiger charge is -2.13. The van der Waals surface area contributed by atoms with Crippen LogP contribution in [0.15, 0.2) is 29.1 Å². The molecule has 0 spiro atoms. The summed E-state index contributed by atoms with van der Waals surface area (Å²) in [5, 5.41) is 5.51. The van der Waals surface area contributed by atoms with Gasteiger partial charge < -0.3 is 10.6 Å². The summed E-state index contributed by atoms with van der Waals surface area (Å²) >= 11 is 1.18. The summed E-state index contributed by atoms with van der Waals surface area (Å²) < 4.78 is 2.22. The van der Waals surface area contributed by atoms with Gasteiger partial charge in [-0.2, -0.15) is 0 Å². The van der Waals surface area contributed by atoms with Crippen molar-refractivity contribution in [3.63, 3.8) is 0 Å². The Morgan fingerprint density at radius 1 is 1.12 bits per heavy atom. The topological polar surface area (TPSA) is 97.3 Å². The second kappa shape index (κ2) is 11.0. The summed E-state index contributed by atoms with van der Waals surface area (Å²) in [6, 6.07) is 7.07. The number of nitrogens with zero attached hydrogens (tertiary/aromatic N) is 1. The summed E-state index contributed by atoms with van der Waals surface area (Å²) in [5.74, 6) is -0.545. The molecular weight excluding hydrogens is 426 g/mol. The fourth-order valence-corrected chi connectivity index (χ4v) is 3.78. The third-order valence-electron chi connectivity index (χ3n) is 4.61. The molecule has 0 aliphatic rings. The van der Waals surface area contributed by atoms with Gasteiger partial charge in [0.2, 0.25) is 11.8 Å². The fourth-order valence-electron chi connectivity index (χ4n) is 2.74. The molecule has 0 atom stereocenters. The predicted molar refractivity (Wildman–Crippen MR) is 129 cm³/mol. The van der Waals surface area contributed by atoms with Crippen LogP contribution in [0.4, 0.5) is 5.69 Å². The maximum atomic E-state index is 13.1. The van der Waals surface area contributed by atoms with E-state index in [4.69, 9.17) is 0 Å². The normalized spacial score (nSPS) is 12.7. The first-order valence-electron chi connectivity index (χ1n) is 10.6. The molecule has 0 saturated heterocycles. The smallest absolute Gasteiger partial charge is 0.269 e. The van der Waals surface area contributed by atoms with E-state index in [-0.39, 0.29) is 29.7 Å². The monoisotopic (exact) mass is 457 g/mol. The van der Waals surface area contributed by atoms with Crippen LogP contribution in [0.3, 0.4) is 0 Å². The Balaban J connectivity index is 2.48. The Hall–Kier alpha value is -3.00. The van der Waals surface area contributed by atoms with Gasteiger partial charge in [-0.05, 0) is 30.2 Å². The van der Waals surface area contributed by atoms with Crippen molar-refractivity contribution in [2.75, 3.05) is 11.9 Å². The number of rotatable bonds is 8. The molecule has 0 fully saturated rings. The highest BCUT2D eigenvalue weighted by molar-refractivity contribution is 7.07. The number of hydrogen-bond donors (Lipinski definition) is 2. The van der Waals surface area contributed by atoms with Crippen LogP contribution in [-0.4, -0.2) is 28.7 Å². The molecule has 2 amide bonds. The van der Waals surface area contributed by atoms with Crippen LogP contribution in [-0.2, 0) is 20.9 Å². The lowest BCUT2D eigenvalue weighted by atomic mass is 9.91. The maximum Gasteiger partial charge on any atom is 0.269 e. The minimum absolute atomic E-state index is 0.120. The largest absolute Gasteiger partial charge is 0.355 e. The van der Waals surface area contributed by atoms with E-state index in [0.29, 0.717) is 21.4 Å². The van der Waals surface area contributed by atoms with Crippen LogP contribution < -0.4 is 25.4 Å². The Labute approximate surface area is 191 Å². The van der Waals surface area contributed by atoms with Crippen molar-refractivity contribution >= 4 is 46.8 Å². The molecule has 2 aromatic rings. The average Bonchev–Trinajstić information content (AvgIpc) is 2.97. The molecular formula is C24H31N3O4S. The molecule has 172 valence electrons. The second-order valence-corrected chi connectivity index (χ2v) is 9.67. The minimum atomic E-state index is -0.600. The zero-order valence-electron chi connectivity index (χ0n) is 19.3. The molecule has 2 N–H and O–H groups in total. The second-order valence-electron chi connectivity index (χ2n) is 8.61. The predicted octanol–water partition coefficient (Wildman–Crippen LogP) is 2.01. The minimum Gasteiger partial charge on any atom is -0.355 e. The van der Waals surface area contributed by atoms with E-state index in [0.717, 1.165) is 18.4 Å². The Morgan fingerprint density at radius 2 is 1.78 bits per heavy atom. The molecule has 2 rings (SSSR count). The highest BCUT2D eigenvalue weighted by Crippen LogP contribution is 2.15. The van der Waals surface area contributed by atoms with E-state index < -0.39 is 5.41 Å². The molecule has 1 aromatic carbocycles. The van der Waals surface area contributed by atoms with Crippen molar-refractivity contribution in [3.05, 3.63) is 49.4 Å². The third-order valence-corrected chi connectivity index (χ3v) is 5.67. The summed E-state index contributed by atoms with van der Waals surface area (Å²) in [4.78, 5) is 49.2. The number of carbonyl (C=O) groups excluding carboxylic acids is 3. The van der Waals surface area contributed by atoms with Gasteiger partial charge in [-0.3, -0.25) is 23.7 Å². The zero-order chi connectivity index (χ0) is 23.9. The van der Waals surface area contributed by atoms with Gasteiger partial charge in [-0.15, -0.1) is 11.3 Å². The molecule has 0 aliphatic carbocycles. The van der Waals surface area contributed by atoms with Gasteiger partial charge in [0.25, 0.3) is 5.56 Å². The number of ketones is 1. The van der Waals surface area contributed by atoms with Crippen molar-refractivity contribution in [1.82, 2.24) is 9.88 Å². The highest BCUT2D eigenvalue weighted by Gasteiger charge is 2.20. The summed E-state index contributed by atoms with van der Waals surface area (Å²) in [6.45, 7) is 9.30. The number of carbonyl (C=O) groups is 3. The molecule has 1 heterocycles. The number of anilines is 1. The maximum absolute atomic E-state index is 13.1. The van der Waals surface area contributed by atoms with E-state index in [1.165, 1.54) is 28.9 Å². The van der Waals surface area contributed by atoms with Crippen LogP contribution >= 0.6 is 11.3 Å². The molecule has 0 unspecified atom stereocenters. The first-order chi connectivity index (χ1) is 15.0. The van der Waals surface area contributed by atoms with Gasteiger partial charge in [-0.1, -0.05) is 46.2 Å². The van der Waals surface area contributed by atoms with Crippen molar-refractivity contribution in [2.45, 2.75) is 54.0 Å². The molecule has 8 heteroatoms. The van der Waals surface area contributed by atoms with Gasteiger partial charge in [0.15, 0.2) is 5.78 Å². The number of unbranched alkanes of at least 4 members (excludes halogenated alkanes) is 1. The van der Waals surface area contributed by atoms with Crippen molar-refractivity contribution < 1.29 is 14.4 Å². The summed E-state index contributed by atoms with van der Waals surface area (Å²) in [6.07, 6.45) is 4.98. The van der Waals surface area contributed by atoms with Crippen LogP contribution in [0.2, 0.25) is 0 Å². The summed E-state index contributed by atoms with van der Waals surface area (Å²) in [5.41, 5.74) is 0.509. The number of benzene rings is 1. The first-order valence-corrected chi connectivity index (χ1v) is 11.4. The lowest BCUT2D eigenvalue weighted by molar-refractivity contribution is -0.122. The molecule has 7 nitrogen and oxygen atoms in total. The van der Waals surface area contributed by atoms with E-state index in [9.17, 15) is 19.2 Å². The number of aromatic nitrogens is 1. The van der Waals surface area contributed by atoms with Crippen LogP contribution in [0.5, 0.6) is 0 Å². The van der Waals surface area contributed by atoms with Crippen LogP contribution in [0.1, 0.15) is 53.0 Å². The third kappa shape index (κ3) is 7.30. The van der Waals surface area contributed by atoms with Gasteiger partial charge in [0.1, 0.15) is 11.2 Å². The van der Waals surface area contributed by atoms with E-state index in [1.807, 2.05) is 27.7 Å². The van der Waals surface area contributed by atoms with Crippen molar-refractivity contribution in [1.29, 1.82) is 0 Å². The number of nitrogens with one attached hydrogen (secondary N) is 2. The fraction of sp³-hybridized carbons (Fsp3) is 0.417. The lowest BCUT2D eigenvalue weighted by Crippen LogP contribution is -2.38. The van der Waals surface area contributed by atoms with Gasteiger partial charge in [-0.25, -0.2) is 0 Å². The van der Waals surface area contributed by atoms with E-state index in [2.05, 4.69) is 10.6 Å². The van der Waals surface area contributed by atoms with Gasteiger partial charge >= 0.3 is 0 Å². The van der Waals surface area contributed by atoms with E-state index >= 15 is 0 Å². The zero-order valence-corrected chi connectivity index (χ0v) is 20.1.